The standard InChI is InChI=1S/C15H25N3O/c1-11(2)18(9-8-15(16)17-19)10-14-12(3)6-5-7-13(14)4/h5-7,11,19H,8-10H2,1-4H3,(H2,16,17). The molecule has 0 aromatic heterocycles. The normalized spacial score (nSPS) is 12.4. The van der Waals surface area contributed by atoms with Gasteiger partial charge in [0, 0.05) is 25.6 Å². The third kappa shape index (κ3) is 4.56. The summed E-state index contributed by atoms with van der Waals surface area (Å²) in [5.74, 6) is 0.284. The van der Waals surface area contributed by atoms with Gasteiger partial charge in [0.05, 0.1) is 0 Å². The van der Waals surface area contributed by atoms with E-state index in [0.717, 1.165) is 13.1 Å². The van der Waals surface area contributed by atoms with Crippen molar-refractivity contribution < 1.29 is 5.21 Å². The zero-order valence-corrected chi connectivity index (χ0v) is 12.3. The Kier molecular flexibility index (Phi) is 5.83. The third-order valence-electron chi connectivity index (χ3n) is 3.52. The summed E-state index contributed by atoms with van der Waals surface area (Å²) >= 11 is 0. The molecule has 0 heterocycles. The SMILES string of the molecule is Cc1cccc(C)c1CN(CC/C(N)=N/O)C(C)C. The maximum Gasteiger partial charge on any atom is 0.140 e. The molecule has 4 nitrogen and oxygen atoms in total. The number of aryl methyl sites for hydroxylation is 2. The molecule has 0 bridgehead atoms. The summed E-state index contributed by atoms with van der Waals surface area (Å²) in [6.45, 7) is 10.3. The Bertz CT molecular complexity index is 421. The first kappa shape index (κ1) is 15.5. The van der Waals surface area contributed by atoms with Gasteiger partial charge in [0.2, 0.25) is 0 Å². The van der Waals surface area contributed by atoms with Crippen molar-refractivity contribution in [3.05, 3.63) is 34.9 Å². The fourth-order valence-electron chi connectivity index (χ4n) is 2.13. The quantitative estimate of drug-likeness (QED) is 0.359. The molecule has 1 aromatic carbocycles. The van der Waals surface area contributed by atoms with Crippen LogP contribution in [0.5, 0.6) is 0 Å². The smallest absolute Gasteiger partial charge is 0.140 e. The van der Waals surface area contributed by atoms with Crippen LogP contribution in [-0.4, -0.2) is 28.5 Å². The van der Waals surface area contributed by atoms with Gasteiger partial charge in [-0.1, -0.05) is 23.4 Å². The van der Waals surface area contributed by atoms with Crippen LogP contribution in [0, 0.1) is 13.8 Å². The highest BCUT2D eigenvalue weighted by Crippen LogP contribution is 2.17. The van der Waals surface area contributed by atoms with Crippen molar-refractivity contribution in [3.8, 4) is 0 Å². The van der Waals surface area contributed by atoms with Crippen LogP contribution in [-0.2, 0) is 6.54 Å². The van der Waals surface area contributed by atoms with Gasteiger partial charge in [-0.15, -0.1) is 0 Å². The van der Waals surface area contributed by atoms with E-state index in [1.165, 1.54) is 16.7 Å². The van der Waals surface area contributed by atoms with Gasteiger partial charge in [0.15, 0.2) is 0 Å². The van der Waals surface area contributed by atoms with Crippen LogP contribution in [0.15, 0.2) is 23.4 Å². The number of amidine groups is 1. The molecule has 3 N–H and O–H groups in total. The van der Waals surface area contributed by atoms with Crippen molar-refractivity contribution in [2.75, 3.05) is 6.54 Å². The zero-order valence-electron chi connectivity index (χ0n) is 12.3. The Morgan fingerprint density at radius 1 is 1.32 bits per heavy atom. The number of nitrogens with two attached hydrogens (primary N) is 1. The van der Waals surface area contributed by atoms with Gasteiger partial charge in [0.25, 0.3) is 0 Å². The number of nitrogens with zero attached hydrogens (tertiary/aromatic N) is 2. The van der Waals surface area contributed by atoms with E-state index in [-0.39, 0.29) is 5.84 Å². The van der Waals surface area contributed by atoms with E-state index in [0.29, 0.717) is 12.5 Å². The predicted molar refractivity (Wildman–Crippen MR) is 79.5 cm³/mol. The molecule has 106 valence electrons. The lowest BCUT2D eigenvalue weighted by Crippen LogP contribution is -2.34. The largest absolute Gasteiger partial charge is 0.409 e. The van der Waals surface area contributed by atoms with E-state index >= 15 is 0 Å². The molecule has 0 aliphatic carbocycles. The molecule has 0 atom stereocenters. The lowest BCUT2D eigenvalue weighted by Gasteiger charge is -2.27. The van der Waals surface area contributed by atoms with Crippen molar-refractivity contribution in [2.24, 2.45) is 10.9 Å². The van der Waals surface area contributed by atoms with Crippen LogP contribution in [0.2, 0.25) is 0 Å². The average molecular weight is 263 g/mol. The fourth-order valence-corrected chi connectivity index (χ4v) is 2.13. The first-order valence-corrected chi connectivity index (χ1v) is 6.71. The summed E-state index contributed by atoms with van der Waals surface area (Å²) in [6.07, 6.45) is 0.583. The van der Waals surface area contributed by atoms with Crippen LogP contribution in [0.4, 0.5) is 0 Å². The van der Waals surface area contributed by atoms with Crippen molar-refractivity contribution >= 4 is 5.84 Å². The van der Waals surface area contributed by atoms with E-state index in [2.05, 4.69) is 55.9 Å². The summed E-state index contributed by atoms with van der Waals surface area (Å²) in [5, 5.41) is 11.6. The Morgan fingerprint density at radius 2 is 1.89 bits per heavy atom. The van der Waals surface area contributed by atoms with Crippen molar-refractivity contribution in [1.29, 1.82) is 0 Å². The first-order valence-electron chi connectivity index (χ1n) is 6.71. The van der Waals surface area contributed by atoms with Gasteiger partial charge in [-0.2, -0.15) is 0 Å². The van der Waals surface area contributed by atoms with Crippen molar-refractivity contribution in [1.82, 2.24) is 4.90 Å². The van der Waals surface area contributed by atoms with Gasteiger partial charge >= 0.3 is 0 Å². The molecular formula is C15H25N3O. The molecule has 0 fully saturated rings. The monoisotopic (exact) mass is 263 g/mol. The van der Waals surface area contributed by atoms with Gasteiger partial charge in [-0.05, 0) is 44.4 Å². The highest BCUT2D eigenvalue weighted by atomic mass is 16.4. The third-order valence-corrected chi connectivity index (χ3v) is 3.52. The predicted octanol–water partition coefficient (Wildman–Crippen LogP) is 2.65. The van der Waals surface area contributed by atoms with Crippen LogP contribution in [0.1, 0.15) is 37.0 Å². The molecular weight excluding hydrogens is 238 g/mol. The second kappa shape index (κ2) is 7.14. The second-order valence-electron chi connectivity index (χ2n) is 5.28. The molecule has 1 aromatic rings. The molecule has 19 heavy (non-hydrogen) atoms. The van der Waals surface area contributed by atoms with Crippen LogP contribution in [0.3, 0.4) is 0 Å². The summed E-state index contributed by atoms with van der Waals surface area (Å²) in [5.41, 5.74) is 9.55. The summed E-state index contributed by atoms with van der Waals surface area (Å²) in [4.78, 5) is 2.34. The van der Waals surface area contributed by atoms with Gasteiger partial charge in [-0.25, -0.2) is 0 Å². The topological polar surface area (TPSA) is 61.8 Å². The minimum absolute atomic E-state index is 0.284. The summed E-state index contributed by atoms with van der Waals surface area (Å²) < 4.78 is 0. The second-order valence-corrected chi connectivity index (χ2v) is 5.28. The molecule has 0 saturated heterocycles. The van der Waals surface area contributed by atoms with E-state index in [4.69, 9.17) is 10.9 Å². The zero-order chi connectivity index (χ0) is 14.4. The number of hydrogen-bond acceptors (Lipinski definition) is 3. The van der Waals surface area contributed by atoms with E-state index in [9.17, 15) is 0 Å². The highest BCUT2D eigenvalue weighted by Gasteiger charge is 2.13. The molecule has 0 aliphatic rings. The number of rotatable bonds is 6. The molecule has 4 heteroatoms. The van der Waals surface area contributed by atoms with Crippen molar-refractivity contribution in [2.45, 2.75) is 46.7 Å². The van der Waals surface area contributed by atoms with E-state index in [1.54, 1.807) is 0 Å². The minimum Gasteiger partial charge on any atom is -0.409 e. The van der Waals surface area contributed by atoms with Crippen LogP contribution >= 0.6 is 0 Å². The first-order chi connectivity index (χ1) is 8.95. The van der Waals surface area contributed by atoms with Crippen LogP contribution < -0.4 is 5.73 Å². The minimum atomic E-state index is 0.284. The van der Waals surface area contributed by atoms with Gasteiger partial charge in [-0.3, -0.25) is 4.90 Å². The lowest BCUT2D eigenvalue weighted by atomic mass is 10.0. The molecule has 0 unspecified atom stereocenters. The van der Waals surface area contributed by atoms with Crippen LogP contribution in [0.25, 0.3) is 0 Å². The maximum atomic E-state index is 8.61. The number of oxime groups is 1. The molecule has 0 amide bonds. The lowest BCUT2D eigenvalue weighted by molar-refractivity contribution is 0.217. The molecule has 0 saturated carbocycles. The van der Waals surface area contributed by atoms with Gasteiger partial charge in [0.1, 0.15) is 5.84 Å². The van der Waals surface area contributed by atoms with E-state index < -0.39 is 0 Å². The Labute approximate surface area is 115 Å². The van der Waals surface area contributed by atoms with Gasteiger partial charge < -0.3 is 10.9 Å². The summed E-state index contributed by atoms with van der Waals surface area (Å²) in [6, 6.07) is 6.80. The average Bonchev–Trinajstić information content (AvgIpc) is 2.36. The number of hydrogen-bond donors (Lipinski definition) is 2. The summed E-state index contributed by atoms with van der Waals surface area (Å²) in [7, 11) is 0. The number of benzene rings is 1. The van der Waals surface area contributed by atoms with Crippen molar-refractivity contribution in [3.63, 3.8) is 0 Å². The molecule has 0 aliphatic heterocycles. The molecule has 0 radical (unpaired) electrons. The van der Waals surface area contributed by atoms with E-state index in [1.807, 2.05) is 0 Å². The maximum absolute atomic E-state index is 8.61. The highest BCUT2D eigenvalue weighted by molar-refractivity contribution is 5.79. The molecule has 0 spiro atoms. The fraction of sp³-hybridized carbons (Fsp3) is 0.533. The molecule has 1 rings (SSSR count). The Hall–Kier alpha value is -1.55. The Morgan fingerprint density at radius 3 is 2.37 bits per heavy atom. The Balaban J connectivity index is 2.79.